The molecule has 90 valence electrons. The van der Waals surface area contributed by atoms with Crippen molar-refractivity contribution in [1.29, 1.82) is 0 Å². The summed E-state index contributed by atoms with van der Waals surface area (Å²) in [4.78, 5) is 12.8. The van der Waals surface area contributed by atoms with Gasteiger partial charge in [-0.1, -0.05) is 29.3 Å². The maximum Gasteiger partial charge on any atom is 0.261 e. The largest absolute Gasteiger partial charge is 0.350 e. The molecule has 1 rings (SSSR count). The average Bonchev–Trinajstić information content (AvgIpc) is 2.56. The summed E-state index contributed by atoms with van der Waals surface area (Å²) in [5.41, 5.74) is 0. The molecule has 1 amide bonds. The Kier molecular flexibility index (Phi) is 6.54. The van der Waals surface area contributed by atoms with Crippen molar-refractivity contribution < 1.29 is 4.79 Å². The maximum absolute atomic E-state index is 11.8. The van der Waals surface area contributed by atoms with Crippen molar-refractivity contribution in [3.05, 3.63) is 19.2 Å². The van der Waals surface area contributed by atoms with Crippen molar-refractivity contribution in [2.45, 2.75) is 24.6 Å². The molecule has 2 nitrogen and oxygen atoms in total. The maximum atomic E-state index is 11.8. The number of alkyl halides is 1. The Hall–Kier alpha value is 0.610. The molecule has 1 aromatic rings. The first kappa shape index (κ1) is 14.7. The summed E-state index contributed by atoms with van der Waals surface area (Å²) < 4.78 is 1.87. The van der Waals surface area contributed by atoms with Gasteiger partial charge in [-0.15, -0.1) is 11.3 Å². The van der Waals surface area contributed by atoms with Crippen molar-refractivity contribution in [3.63, 3.8) is 0 Å². The standard InChI is InChI=1S/C10H12Br3NOS/c1-2-3-6(11)5-14-10(15)8-4-7(12)9(13)16-8/h4,6H,2-3,5H2,1H3,(H,14,15). The Balaban J connectivity index is 2.46. The summed E-state index contributed by atoms with van der Waals surface area (Å²) in [6.07, 6.45) is 2.18. The molecule has 0 spiro atoms. The number of hydrogen-bond acceptors (Lipinski definition) is 2. The first-order valence-electron chi connectivity index (χ1n) is 4.91. The van der Waals surface area contributed by atoms with Gasteiger partial charge in [0.05, 0.1) is 8.66 Å². The fourth-order valence-electron chi connectivity index (χ4n) is 1.16. The average molecular weight is 434 g/mol. The zero-order chi connectivity index (χ0) is 12.1. The molecule has 1 unspecified atom stereocenters. The van der Waals surface area contributed by atoms with Crippen LogP contribution < -0.4 is 5.32 Å². The smallest absolute Gasteiger partial charge is 0.261 e. The highest BCUT2D eigenvalue weighted by Gasteiger charge is 2.12. The van der Waals surface area contributed by atoms with Crippen LogP contribution in [0.1, 0.15) is 29.4 Å². The van der Waals surface area contributed by atoms with Gasteiger partial charge in [0.1, 0.15) is 0 Å². The van der Waals surface area contributed by atoms with Crippen molar-refractivity contribution in [1.82, 2.24) is 5.32 Å². The number of hydrogen-bond donors (Lipinski definition) is 1. The van der Waals surface area contributed by atoms with Gasteiger partial charge in [-0.05, 0) is 44.3 Å². The molecule has 0 saturated carbocycles. The minimum atomic E-state index is -0.0167. The van der Waals surface area contributed by atoms with Gasteiger partial charge in [0, 0.05) is 15.8 Å². The summed E-state index contributed by atoms with van der Waals surface area (Å²) in [5.74, 6) is -0.0167. The van der Waals surface area contributed by atoms with Crippen LogP contribution in [0.25, 0.3) is 0 Å². The van der Waals surface area contributed by atoms with E-state index in [-0.39, 0.29) is 5.91 Å². The zero-order valence-corrected chi connectivity index (χ0v) is 14.3. The lowest BCUT2D eigenvalue weighted by Crippen LogP contribution is -2.28. The van der Waals surface area contributed by atoms with Gasteiger partial charge in [-0.3, -0.25) is 4.79 Å². The van der Waals surface area contributed by atoms with Gasteiger partial charge < -0.3 is 5.32 Å². The molecule has 1 atom stereocenters. The van der Waals surface area contributed by atoms with E-state index in [4.69, 9.17) is 0 Å². The topological polar surface area (TPSA) is 29.1 Å². The summed E-state index contributed by atoms with van der Waals surface area (Å²) in [5, 5.41) is 2.91. The highest BCUT2D eigenvalue weighted by molar-refractivity contribution is 9.13. The van der Waals surface area contributed by atoms with E-state index in [1.165, 1.54) is 11.3 Å². The third kappa shape index (κ3) is 4.47. The van der Waals surface area contributed by atoms with Gasteiger partial charge in [0.15, 0.2) is 0 Å². The highest BCUT2D eigenvalue weighted by Crippen LogP contribution is 2.32. The van der Waals surface area contributed by atoms with Crippen LogP contribution >= 0.6 is 59.1 Å². The summed E-state index contributed by atoms with van der Waals surface area (Å²) in [6, 6.07) is 1.83. The molecule has 0 fully saturated rings. The monoisotopic (exact) mass is 431 g/mol. The summed E-state index contributed by atoms with van der Waals surface area (Å²) in [7, 11) is 0. The Morgan fingerprint density at radius 1 is 1.56 bits per heavy atom. The first-order chi connectivity index (χ1) is 7.54. The molecule has 1 heterocycles. The third-order valence-electron chi connectivity index (χ3n) is 1.95. The quantitative estimate of drug-likeness (QED) is 0.677. The van der Waals surface area contributed by atoms with E-state index < -0.39 is 0 Å². The number of amides is 1. The Morgan fingerprint density at radius 3 is 2.75 bits per heavy atom. The second-order valence-corrected chi connectivity index (χ2v) is 7.85. The van der Waals surface area contributed by atoms with Crippen LogP contribution in [0, 0.1) is 0 Å². The van der Waals surface area contributed by atoms with Gasteiger partial charge in [0.25, 0.3) is 5.91 Å². The molecule has 0 aliphatic heterocycles. The minimum absolute atomic E-state index is 0.0167. The zero-order valence-electron chi connectivity index (χ0n) is 8.73. The molecule has 0 aromatic carbocycles. The van der Waals surface area contributed by atoms with E-state index >= 15 is 0 Å². The molecular weight excluding hydrogens is 422 g/mol. The Morgan fingerprint density at radius 2 is 2.25 bits per heavy atom. The molecule has 0 bridgehead atoms. The van der Waals surface area contributed by atoms with Crippen LogP contribution in [0.4, 0.5) is 0 Å². The number of halogens is 3. The lowest BCUT2D eigenvalue weighted by atomic mass is 10.2. The molecular formula is C10H12Br3NOS. The van der Waals surface area contributed by atoms with E-state index in [1.54, 1.807) is 0 Å². The van der Waals surface area contributed by atoms with Crippen LogP contribution in [0.2, 0.25) is 0 Å². The van der Waals surface area contributed by atoms with Crippen molar-refractivity contribution in [2.24, 2.45) is 0 Å². The number of carbonyl (C=O) groups is 1. The number of carbonyl (C=O) groups excluding carboxylic acids is 1. The third-order valence-corrected chi connectivity index (χ3v) is 5.99. The van der Waals surface area contributed by atoms with Gasteiger partial charge >= 0.3 is 0 Å². The fraction of sp³-hybridized carbons (Fsp3) is 0.500. The van der Waals surface area contributed by atoms with E-state index in [0.717, 1.165) is 26.0 Å². The highest BCUT2D eigenvalue weighted by atomic mass is 79.9. The van der Waals surface area contributed by atoms with Crippen LogP contribution in [0.15, 0.2) is 14.3 Å². The van der Waals surface area contributed by atoms with Crippen LogP contribution in [-0.4, -0.2) is 17.3 Å². The molecule has 6 heteroatoms. The predicted octanol–water partition coefficient (Wildman–Crippen LogP) is 4.57. The van der Waals surface area contributed by atoms with E-state index in [1.807, 2.05) is 6.07 Å². The number of rotatable bonds is 5. The second-order valence-electron chi connectivity index (χ2n) is 3.33. The molecule has 0 aliphatic rings. The van der Waals surface area contributed by atoms with Crippen LogP contribution in [0.5, 0.6) is 0 Å². The van der Waals surface area contributed by atoms with E-state index in [2.05, 4.69) is 60.0 Å². The normalized spacial score (nSPS) is 12.5. The molecule has 16 heavy (non-hydrogen) atoms. The van der Waals surface area contributed by atoms with Crippen molar-refractivity contribution in [2.75, 3.05) is 6.54 Å². The Bertz CT molecular complexity index is 347. The summed E-state index contributed by atoms with van der Waals surface area (Å²) in [6.45, 7) is 2.80. The first-order valence-corrected chi connectivity index (χ1v) is 8.23. The molecule has 1 N–H and O–H groups in total. The lowest BCUT2D eigenvalue weighted by Gasteiger charge is -2.08. The SMILES string of the molecule is CCCC(Br)CNC(=O)c1cc(Br)c(Br)s1. The molecule has 0 saturated heterocycles. The van der Waals surface area contributed by atoms with Crippen LogP contribution in [-0.2, 0) is 0 Å². The van der Waals surface area contributed by atoms with Crippen molar-refractivity contribution in [3.8, 4) is 0 Å². The number of thiophene rings is 1. The lowest BCUT2D eigenvalue weighted by molar-refractivity contribution is 0.0957. The molecule has 0 aliphatic carbocycles. The molecule has 1 aromatic heterocycles. The fourth-order valence-corrected chi connectivity index (χ4v) is 3.74. The predicted molar refractivity (Wildman–Crippen MR) is 79.7 cm³/mol. The second kappa shape index (κ2) is 7.13. The van der Waals surface area contributed by atoms with Gasteiger partial charge in [-0.25, -0.2) is 0 Å². The van der Waals surface area contributed by atoms with Gasteiger partial charge in [-0.2, -0.15) is 0 Å². The van der Waals surface area contributed by atoms with Gasteiger partial charge in [0.2, 0.25) is 0 Å². The number of nitrogens with one attached hydrogen (secondary N) is 1. The van der Waals surface area contributed by atoms with Crippen LogP contribution in [0.3, 0.4) is 0 Å². The minimum Gasteiger partial charge on any atom is -0.350 e. The van der Waals surface area contributed by atoms with Crippen molar-refractivity contribution >= 4 is 65.0 Å². The van der Waals surface area contributed by atoms with E-state index in [0.29, 0.717) is 11.4 Å². The Labute approximate surface area is 125 Å². The molecule has 0 radical (unpaired) electrons. The summed E-state index contributed by atoms with van der Waals surface area (Å²) >= 11 is 11.7. The van der Waals surface area contributed by atoms with E-state index in [9.17, 15) is 4.79 Å².